The fourth-order valence-corrected chi connectivity index (χ4v) is 3.17. The Kier molecular flexibility index (Phi) is 3.61. The van der Waals surface area contributed by atoms with Crippen molar-refractivity contribution in [1.82, 2.24) is 4.98 Å². The molecular weight excluding hydrogens is 266 g/mol. The van der Waals surface area contributed by atoms with Crippen molar-refractivity contribution >= 4 is 27.9 Å². The summed E-state index contributed by atoms with van der Waals surface area (Å²) >= 11 is 1.56. The van der Waals surface area contributed by atoms with Gasteiger partial charge in [0.25, 0.3) is 0 Å². The van der Waals surface area contributed by atoms with Gasteiger partial charge in [-0.1, -0.05) is 42.5 Å². The maximum Gasteiger partial charge on any atom is 0.144 e. The number of nitrogens with zero attached hydrogens (tertiary/aromatic N) is 1. The first-order valence-corrected chi connectivity index (χ1v) is 7.50. The van der Waals surface area contributed by atoms with Gasteiger partial charge >= 0.3 is 0 Å². The fourth-order valence-electron chi connectivity index (χ4n) is 2.37. The first-order chi connectivity index (χ1) is 9.72. The van der Waals surface area contributed by atoms with Crippen molar-refractivity contribution in [2.45, 2.75) is 19.8 Å². The zero-order valence-electron chi connectivity index (χ0n) is 11.3. The van der Waals surface area contributed by atoms with E-state index in [1.807, 2.05) is 36.6 Å². The number of ketones is 1. The van der Waals surface area contributed by atoms with Crippen molar-refractivity contribution in [1.29, 1.82) is 0 Å². The number of carbonyl (C=O) groups excluding carboxylic acids is 1. The maximum atomic E-state index is 12.2. The average Bonchev–Trinajstić information content (AvgIpc) is 2.84. The van der Waals surface area contributed by atoms with Crippen molar-refractivity contribution in [2.75, 3.05) is 0 Å². The number of Topliss-reactive ketones (excluding diaryl/α,β-unsaturated/α-hetero) is 1. The summed E-state index contributed by atoms with van der Waals surface area (Å²) in [6, 6.07) is 14.3. The second-order valence-corrected chi connectivity index (χ2v) is 5.86. The van der Waals surface area contributed by atoms with Gasteiger partial charge in [0.2, 0.25) is 0 Å². The minimum Gasteiger partial charge on any atom is -0.299 e. The Balaban J connectivity index is 1.81. The van der Waals surface area contributed by atoms with E-state index in [1.54, 1.807) is 11.3 Å². The predicted molar refractivity (Wildman–Crippen MR) is 83.2 cm³/mol. The molecule has 3 heteroatoms. The molecule has 0 bridgehead atoms. The molecule has 100 valence electrons. The van der Waals surface area contributed by atoms with Crippen LogP contribution >= 0.6 is 11.3 Å². The monoisotopic (exact) mass is 281 g/mol. The van der Waals surface area contributed by atoms with Crippen LogP contribution in [0.15, 0.2) is 47.8 Å². The molecule has 0 fully saturated rings. The Labute approximate surface area is 122 Å². The minimum absolute atomic E-state index is 0.218. The Hall–Kier alpha value is -2.00. The van der Waals surface area contributed by atoms with Crippen LogP contribution in [0.1, 0.15) is 16.3 Å². The number of hydrogen-bond donors (Lipinski definition) is 0. The number of aromatic nitrogens is 1. The van der Waals surface area contributed by atoms with Crippen molar-refractivity contribution in [3.63, 3.8) is 0 Å². The number of hydrogen-bond acceptors (Lipinski definition) is 3. The zero-order chi connectivity index (χ0) is 13.9. The third-order valence-corrected chi connectivity index (χ3v) is 4.25. The quantitative estimate of drug-likeness (QED) is 0.724. The number of carbonyl (C=O) groups is 1. The highest BCUT2D eigenvalue weighted by atomic mass is 32.1. The van der Waals surface area contributed by atoms with E-state index in [9.17, 15) is 4.79 Å². The average molecular weight is 281 g/mol. The van der Waals surface area contributed by atoms with Gasteiger partial charge in [0.05, 0.1) is 6.42 Å². The summed E-state index contributed by atoms with van der Waals surface area (Å²) in [5.41, 5.74) is 2.09. The molecule has 0 unspecified atom stereocenters. The molecular formula is C17H15NOS. The topological polar surface area (TPSA) is 30.0 Å². The van der Waals surface area contributed by atoms with Gasteiger partial charge in [0.15, 0.2) is 0 Å². The molecule has 0 spiro atoms. The number of rotatable bonds is 4. The summed E-state index contributed by atoms with van der Waals surface area (Å²) in [6.07, 6.45) is 0.904. The summed E-state index contributed by atoms with van der Waals surface area (Å²) in [6.45, 7) is 1.95. The summed E-state index contributed by atoms with van der Waals surface area (Å²) < 4.78 is 0. The van der Waals surface area contributed by atoms with Crippen LogP contribution in [0.5, 0.6) is 0 Å². The van der Waals surface area contributed by atoms with Crippen LogP contribution in [0.25, 0.3) is 10.8 Å². The van der Waals surface area contributed by atoms with E-state index in [2.05, 4.69) is 23.2 Å². The van der Waals surface area contributed by atoms with Gasteiger partial charge in [-0.2, -0.15) is 0 Å². The standard InChI is InChI=1S/C17H15NOS/c1-12-11-20-17(18-12)10-15(19)9-14-7-4-6-13-5-2-3-8-16(13)14/h2-8,11H,9-10H2,1H3. The maximum absolute atomic E-state index is 12.2. The normalized spacial score (nSPS) is 10.8. The van der Waals surface area contributed by atoms with Crippen molar-refractivity contribution < 1.29 is 4.79 Å². The second-order valence-electron chi connectivity index (χ2n) is 4.91. The van der Waals surface area contributed by atoms with E-state index >= 15 is 0 Å². The molecule has 3 rings (SSSR count). The molecule has 2 aromatic carbocycles. The molecule has 2 nitrogen and oxygen atoms in total. The molecule has 0 aliphatic carbocycles. The third kappa shape index (κ3) is 2.78. The zero-order valence-corrected chi connectivity index (χ0v) is 12.1. The van der Waals surface area contributed by atoms with Crippen LogP contribution in [0.3, 0.4) is 0 Å². The smallest absolute Gasteiger partial charge is 0.144 e. The van der Waals surface area contributed by atoms with Crippen molar-refractivity contribution in [3.8, 4) is 0 Å². The van der Waals surface area contributed by atoms with Gasteiger partial charge in [-0.15, -0.1) is 11.3 Å². The fraction of sp³-hybridized carbons (Fsp3) is 0.176. The third-order valence-electron chi connectivity index (χ3n) is 3.28. The van der Waals surface area contributed by atoms with Gasteiger partial charge in [-0.3, -0.25) is 4.79 Å². The molecule has 3 aromatic rings. The lowest BCUT2D eigenvalue weighted by Gasteiger charge is -2.05. The van der Waals surface area contributed by atoms with E-state index in [0.29, 0.717) is 12.8 Å². The molecule has 0 atom stereocenters. The molecule has 20 heavy (non-hydrogen) atoms. The number of fused-ring (bicyclic) bond motifs is 1. The first-order valence-electron chi connectivity index (χ1n) is 6.62. The molecule has 0 saturated heterocycles. The van der Waals surface area contributed by atoms with Crippen LogP contribution in [0, 0.1) is 6.92 Å². The van der Waals surface area contributed by atoms with Crippen LogP contribution < -0.4 is 0 Å². The molecule has 0 aliphatic heterocycles. The van der Waals surface area contributed by atoms with Gasteiger partial charge < -0.3 is 0 Å². The summed E-state index contributed by atoms with van der Waals surface area (Å²) in [5, 5.41) is 5.25. The van der Waals surface area contributed by atoms with Gasteiger partial charge in [-0.25, -0.2) is 4.98 Å². The number of aryl methyl sites for hydroxylation is 1. The highest BCUT2D eigenvalue weighted by molar-refractivity contribution is 7.09. The Bertz CT molecular complexity index is 755. The lowest BCUT2D eigenvalue weighted by molar-refractivity contribution is -0.117. The Morgan fingerprint density at radius 1 is 1.10 bits per heavy atom. The predicted octanol–water partition coefficient (Wildman–Crippen LogP) is 3.96. The minimum atomic E-state index is 0.218. The molecule has 0 radical (unpaired) electrons. The summed E-state index contributed by atoms with van der Waals surface area (Å²) in [5.74, 6) is 0.218. The summed E-state index contributed by atoms with van der Waals surface area (Å²) in [7, 11) is 0. The van der Waals surface area contributed by atoms with Crippen LogP contribution in [0.4, 0.5) is 0 Å². The highest BCUT2D eigenvalue weighted by Gasteiger charge is 2.10. The van der Waals surface area contributed by atoms with Crippen molar-refractivity contribution in [2.24, 2.45) is 0 Å². The van der Waals surface area contributed by atoms with Crippen molar-refractivity contribution in [3.05, 3.63) is 64.1 Å². The summed E-state index contributed by atoms with van der Waals surface area (Å²) in [4.78, 5) is 16.6. The Morgan fingerprint density at radius 2 is 1.90 bits per heavy atom. The van der Waals surface area contributed by atoms with Gasteiger partial charge in [0, 0.05) is 17.5 Å². The Morgan fingerprint density at radius 3 is 2.70 bits per heavy atom. The number of benzene rings is 2. The molecule has 0 N–H and O–H groups in total. The molecule has 0 amide bonds. The van der Waals surface area contributed by atoms with E-state index in [1.165, 1.54) is 10.8 Å². The van der Waals surface area contributed by atoms with E-state index < -0.39 is 0 Å². The van der Waals surface area contributed by atoms with Crippen LogP contribution in [0.2, 0.25) is 0 Å². The molecule has 0 saturated carbocycles. The number of thiazole rings is 1. The highest BCUT2D eigenvalue weighted by Crippen LogP contribution is 2.20. The first kappa shape index (κ1) is 13.0. The van der Waals surface area contributed by atoms with E-state index in [4.69, 9.17) is 0 Å². The van der Waals surface area contributed by atoms with Crippen LogP contribution in [-0.4, -0.2) is 10.8 Å². The van der Waals surface area contributed by atoms with Crippen LogP contribution in [-0.2, 0) is 17.6 Å². The SMILES string of the molecule is Cc1csc(CC(=O)Cc2cccc3ccccc23)n1. The van der Waals surface area contributed by atoms with E-state index in [0.717, 1.165) is 16.3 Å². The molecule has 0 aliphatic rings. The van der Waals surface area contributed by atoms with Gasteiger partial charge in [0.1, 0.15) is 10.8 Å². The largest absolute Gasteiger partial charge is 0.299 e. The lowest BCUT2D eigenvalue weighted by atomic mass is 10.00. The molecule has 1 heterocycles. The van der Waals surface area contributed by atoms with Gasteiger partial charge in [-0.05, 0) is 23.3 Å². The van der Waals surface area contributed by atoms with E-state index in [-0.39, 0.29) is 5.78 Å². The lowest BCUT2D eigenvalue weighted by Crippen LogP contribution is -2.06. The second kappa shape index (κ2) is 5.55. The molecule has 1 aromatic heterocycles.